The lowest BCUT2D eigenvalue weighted by Gasteiger charge is -2.27. The van der Waals surface area contributed by atoms with Gasteiger partial charge in [0.25, 0.3) is 0 Å². The third-order valence-corrected chi connectivity index (χ3v) is 7.48. The minimum atomic E-state index is -3.78. The minimum absolute atomic E-state index is 0.0570. The van der Waals surface area contributed by atoms with Crippen LogP contribution >= 0.6 is 0 Å². The first-order valence-electron chi connectivity index (χ1n) is 9.55. The molecular formula is C19H27NO6S. The highest BCUT2D eigenvalue weighted by Crippen LogP contribution is 2.30. The van der Waals surface area contributed by atoms with Gasteiger partial charge in [-0.15, -0.1) is 0 Å². The van der Waals surface area contributed by atoms with Crippen LogP contribution < -0.4 is 5.32 Å². The van der Waals surface area contributed by atoms with Crippen molar-refractivity contribution in [3.8, 4) is 0 Å². The molecule has 1 aromatic rings. The topological polar surface area (TPSA) is 103 Å². The molecule has 0 spiro atoms. The van der Waals surface area contributed by atoms with Gasteiger partial charge in [0.1, 0.15) is 29.4 Å². The molecule has 0 aromatic carbocycles. The molecular weight excluding hydrogens is 370 g/mol. The number of sulfone groups is 1. The molecule has 1 saturated carbocycles. The van der Waals surface area contributed by atoms with Gasteiger partial charge in [0.2, 0.25) is 5.91 Å². The molecule has 3 rings (SSSR count). The molecule has 0 bridgehead atoms. The number of ketones is 1. The summed E-state index contributed by atoms with van der Waals surface area (Å²) in [5, 5.41) is 1.44. The van der Waals surface area contributed by atoms with Gasteiger partial charge in [-0.25, -0.2) is 8.42 Å². The summed E-state index contributed by atoms with van der Waals surface area (Å²) in [5.41, 5.74) is 0. The fourth-order valence-corrected chi connectivity index (χ4v) is 5.66. The van der Waals surface area contributed by atoms with Crippen molar-refractivity contribution in [2.24, 2.45) is 5.92 Å². The lowest BCUT2D eigenvalue weighted by atomic mass is 9.86. The molecule has 150 valence electrons. The van der Waals surface area contributed by atoms with Gasteiger partial charge in [-0.2, -0.15) is 0 Å². The molecule has 1 amide bonds. The smallest absolute Gasteiger partial charge is 0.239 e. The molecule has 2 fully saturated rings. The van der Waals surface area contributed by atoms with E-state index in [1.807, 2.05) is 0 Å². The number of amides is 1. The Hall–Kier alpha value is -1.67. The number of carbonyl (C=O) groups excluding carboxylic acids is 2. The van der Waals surface area contributed by atoms with Crippen molar-refractivity contribution in [2.45, 2.75) is 68.6 Å². The van der Waals surface area contributed by atoms with Crippen LogP contribution in [-0.4, -0.2) is 44.1 Å². The highest BCUT2D eigenvalue weighted by Gasteiger charge is 2.40. The molecule has 1 saturated heterocycles. The molecule has 1 aliphatic carbocycles. The monoisotopic (exact) mass is 397 g/mol. The number of hydrogen-bond acceptors (Lipinski definition) is 6. The van der Waals surface area contributed by atoms with Crippen LogP contribution in [0.2, 0.25) is 0 Å². The molecule has 2 heterocycles. The van der Waals surface area contributed by atoms with E-state index < -0.39 is 33.1 Å². The van der Waals surface area contributed by atoms with Crippen molar-refractivity contribution < 1.29 is 27.2 Å². The van der Waals surface area contributed by atoms with Gasteiger partial charge in [0.05, 0.1) is 12.4 Å². The van der Waals surface area contributed by atoms with E-state index in [-0.39, 0.29) is 30.5 Å². The summed E-state index contributed by atoms with van der Waals surface area (Å²) in [6, 6.07) is 2.42. The third kappa shape index (κ3) is 4.99. The third-order valence-electron chi connectivity index (χ3n) is 5.52. The number of ether oxygens (including phenoxy) is 1. The Morgan fingerprint density at radius 3 is 2.63 bits per heavy atom. The van der Waals surface area contributed by atoms with Crippen molar-refractivity contribution >= 4 is 21.5 Å². The summed E-state index contributed by atoms with van der Waals surface area (Å²) >= 11 is 0. The van der Waals surface area contributed by atoms with E-state index in [4.69, 9.17) is 9.15 Å². The Labute approximate surface area is 159 Å². The maximum absolute atomic E-state index is 13.0. The fraction of sp³-hybridized carbons (Fsp3) is 0.684. The van der Waals surface area contributed by atoms with Crippen molar-refractivity contribution in [1.82, 2.24) is 5.32 Å². The molecule has 8 heteroatoms. The standard InChI is InChI=1S/C19H27NO6S/c1-13-18(16(21)11-26-13)20-19(22)17(10-14-6-3-2-4-7-14)27(23,24)12-15-8-5-9-25-15/h5,8-9,13-14,17-18H,2-4,6-7,10-12H2,1H3,(H,20,22)/t13-,17-,18+/m0/s1. The van der Waals surface area contributed by atoms with Gasteiger partial charge in [0, 0.05) is 0 Å². The number of carbonyl (C=O) groups is 2. The molecule has 0 radical (unpaired) electrons. The normalized spacial score (nSPS) is 25.4. The zero-order valence-corrected chi connectivity index (χ0v) is 16.4. The van der Waals surface area contributed by atoms with Crippen LogP contribution in [0.25, 0.3) is 0 Å². The van der Waals surface area contributed by atoms with Crippen molar-refractivity contribution in [3.63, 3.8) is 0 Å². The predicted octanol–water partition coefficient (Wildman–Crippen LogP) is 2.01. The van der Waals surface area contributed by atoms with E-state index in [1.54, 1.807) is 19.1 Å². The van der Waals surface area contributed by atoms with Crippen LogP contribution in [-0.2, 0) is 29.9 Å². The molecule has 27 heavy (non-hydrogen) atoms. The second-order valence-corrected chi connectivity index (χ2v) is 9.77. The van der Waals surface area contributed by atoms with Gasteiger partial charge < -0.3 is 14.5 Å². The van der Waals surface area contributed by atoms with Gasteiger partial charge in [-0.1, -0.05) is 32.1 Å². The number of rotatable bonds is 7. The summed E-state index contributed by atoms with van der Waals surface area (Å²) < 4.78 is 36.4. The maximum Gasteiger partial charge on any atom is 0.239 e. The van der Waals surface area contributed by atoms with E-state index in [0.29, 0.717) is 5.76 Å². The van der Waals surface area contributed by atoms with E-state index in [0.717, 1.165) is 32.1 Å². The average molecular weight is 397 g/mol. The average Bonchev–Trinajstić information content (AvgIpc) is 3.25. The quantitative estimate of drug-likeness (QED) is 0.755. The van der Waals surface area contributed by atoms with E-state index in [2.05, 4.69) is 5.32 Å². The SMILES string of the molecule is C[C@@H]1OCC(=O)[C@@H]1NC(=O)[C@H](CC1CCCCC1)S(=O)(=O)Cc1ccco1. The zero-order valence-electron chi connectivity index (χ0n) is 15.6. The molecule has 1 aromatic heterocycles. The zero-order chi connectivity index (χ0) is 19.4. The highest BCUT2D eigenvalue weighted by molar-refractivity contribution is 7.92. The Bertz CT molecular complexity index is 751. The van der Waals surface area contributed by atoms with Crippen LogP contribution in [0, 0.1) is 5.92 Å². The van der Waals surface area contributed by atoms with Crippen LogP contribution in [0.5, 0.6) is 0 Å². The minimum Gasteiger partial charge on any atom is -0.468 e. The van der Waals surface area contributed by atoms with E-state index >= 15 is 0 Å². The Morgan fingerprint density at radius 2 is 2.04 bits per heavy atom. The van der Waals surface area contributed by atoms with Gasteiger partial charge in [-0.05, 0) is 31.4 Å². The maximum atomic E-state index is 13.0. The van der Waals surface area contributed by atoms with Gasteiger partial charge in [-0.3, -0.25) is 9.59 Å². The highest BCUT2D eigenvalue weighted by atomic mass is 32.2. The Morgan fingerprint density at radius 1 is 1.30 bits per heavy atom. The summed E-state index contributed by atoms with van der Waals surface area (Å²) in [6.07, 6.45) is 6.38. The number of Topliss-reactive ketones (excluding diaryl/α,β-unsaturated/α-hetero) is 1. The van der Waals surface area contributed by atoms with Crippen LogP contribution in [0.3, 0.4) is 0 Å². The number of nitrogens with one attached hydrogen (secondary N) is 1. The lowest BCUT2D eigenvalue weighted by Crippen LogP contribution is -2.50. The Balaban J connectivity index is 1.77. The first kappa shape index (κ1) is 20.1. The second-order valence-electron chi connectivity index (χ2n) is 7.58. The number of furan rings is 1. The first-order valence-corrected chi connectivity index (χ1v) is 11.3. The summed E-state index contributed by atoms with van der Waals surface area (Å²) in [4.78, 5) is 24.8. The van der Waals surface area contributed by atoms with E-state index in [1.165, 1.54) is 6.26 Å². The molecule has 7 nitrogen and oxygen atoms in total. The Kier molecular flexibility index (Phi) is 6.37. The van der Waals surface area contributed by atoms with E-state index in [9.17, 15) is 18.0 Å². The van der Waals surface area contributed by atoms with Crippen molar-refractivity contribution in [1.29, 1.82) is 0 Å². The van der Waals surface area contributed by atoms with Crippen LogP contribution in [0.1, 0.15) is 51.2 Å². The molecule has 1 N–H and O–H groups in total. The van der Waals surface area contributed by atoms with Crippen molar-refractivity contribution in [3.05, 3.63) is 24.2 Å². The largest absolute Gasteiger partial charge is 0.468 e. The van der Waals surface area contributed by atoms with Crippen LogP contribution in [0.4, 0.5) is 0 Å². The predicted molar refractivity (Wildman–Crippen MR) is 98.7 cm³/mol. The van der Waals surface area contributed by atoms with Crippen LogP contribution in [0.15, 0.2) is 22.8 Å². The molecule has 2 aliphatic rings. The van der Waals surface area contributed by atoms with Gasteiger partial charge in [0.15, 0.2) is 15.6 Å². The summed E-state index contributed by atoms with van der Waals surface area (Å²) in [5.74, 6) is -0.646. The fourth-order valence-electron chi connectivity index (χ4n) is 3.94. The molecule has 1 aliphatic heterocycles. The van der Waals surface area contributed by atoms with Gasteiger partial charge >= 0.3 is 0 Å². The number of hydrogen-bond donors (Lipinski definition) is 1. The summed E-state index contributed by atoms with van der Waals surface area (Å²) in [6.45, 7) is 1.64. The molecule has 0 unspecified atom stereocenters. The molecule has 3 atom stereocenters. The first-order chi connectivity index (χ1) is 12.9. The van der Waals surface area contributed by atoms with Crippen molar-refractivity contribution in [2.75, 3.05) is 6.61 Å². The summed E-state index contributed by atoms with van der Waals surface area (Å²) in [7, 11) is -3.78. The second kappa shape index (κ2) is 8.56. The lowest BCUT2D eigenvalue weighted by molar-refractivity contribution is -0.126.